The van der Waals surface area contributed by atoms with Gasteiger partial charge in [0.2, 0.25) is 0 Å². The standard InChI is InChI=1S/C44H42N2O9/c1-26-21-29(5-16-36(26)45-43(49)30-8-12-33(51-3)13-9-30)22-27(2)40(48)35-24-53-42-38(25-54-41(35)42)55-39(47)18-7-28-6-17-37-32(23-28)19-20-46(37)44(50)31-10-14-34(52-4)15-11-31/h5-18,21-23,35,38,41-42H,19-20,24-25H2,1-4H3,(H,45,49)/b18-7+,27-22+. The molecule has 282 valence electrons. The highest BCUT2D eigenvalue weighted by Gasteiger charge is 2.51. The predicted molar refractivity (Wildman–Crippen MR) is 207 cm³/mol. The van der Waals surface area contributed by atoms with Crippen LogP contribution >= 0.6 is 0 Å². The molecule has 4 unspecified atom stereocenters. The second-order valence-electron chi connectivity index (χ2n) is 13.8. The highest BCUT2D eigenvalue weighted by molar-refractivity contribution is 6.07. The lowest BCUT2D eigenvalue weighted by atomic mass is 9.92. The van der Waals surface area contributed by atoms with Gasteiger partial charge in [0.1, 0.15) is 17.6 Å². The van der Waals surface area contributed by atoms with E-state index < -0.39 is 30.2 Å². The number of methoxy groups -OCH3 is 2. The number of rotatable bonds is 11. The molecule has 0 aromatic heterocycles. The van der Waals surface area contributed by atoms with Crippen LogP contribution in [0, 0.1) is 12.8 Å². The number of nitrogens with zero attached hydrogens (tertiary/aromatic N) is 1. The van der Waals surface area contributed by atoms with E-state index in [0.717, 1.165) is 27.9 Å². The summed E-state index contributed by atoms with van der Waals surface area (Å²) in [4.78, 5) is 54.2. The maximum absolute atomic E-state index is 13.6. The number of anilines is 2. The Balaban J connectivity index is 0.917. The molecule has 0 bridgehead atoms. The number of benzene rings is 4. The molecule has 0 spiro atoms. The first-order valence-electron chi connectivity index (χ1n) is 18.1. The van der Waals surface area contributed by atoms with E-state index in [1.807, 2.05) is 49.4 Å². The van der Waals surface area contributed by atoms with Crippen molar-refractivity contribution in [3.8, 4) is 11.5 Å². The number of hydrogen-bond acceptors (Lipinski definition) is 9. The number of nitrogens with one attached hydrogen (secondary N) is 1. The Morgan fingerprint density at radius 2 is 1.47 bits per heavy atom. The third-order valence-electron chi connectivity index (χ3n) is 10.2. The molecule has 7 rings (SSSR count). The average molecular weight is 743 g/mol. The first-order valence-corrected chi connectivity index (χ1v) is 18.1. The van der Waals surface area contributed by atoms with E-state index in [0.29, 0.717) is 46.9 Å². The SMILES string of the molecule is COc1ccc(C(=O)Nc2ccc(/C=C(\C)C(=O)C3COC4C(OC(=O)/C=C/c5ccc6c(c5)CCN6C(=O)c5ccc(OC)cc5)COC34)cc2C)cc1. The van der Waals surface area contributed by atoms with E-state index >= 15 is 0 Å². The molecule has 2 saturated heterocycles. The maximum atomic E-state index is 13.6. The maximum Gasteiger partial charge on any atom is 0.331 e. The Hall–Kier alpha value is -6.04. The topological polar surface area (TPSA) is 130 Å². The van der Waals surface area contributed by atoms with Crippen LogP contribution in [-0.4, -0.2) is 75.9 Å². The molecule has 0 saturated carbocycles. The van der Waals surface area contributed by atoms with Gasteiger partial charge in [0, 0.05) is 35.1 Å². The number of carbonyl (C=O) groups is 4. The number of allylic oxidation sites excluding steroid dienone is 1. The molecule has 2 amide bonds. The van der Waals surface area contributed by atoms with E-state index in [9.17, 15) is 19.2 Å². The highest BCUT2D eigenvalue weighted by atomic mass is 16.6. The molecule has 11 heteroatoms. The smallest absolute Gasteiger partial charge is 0.331 e. The summed E-state index contributed by atoms with van der Waals surface area (Å²) in [6.45, 7) is 4.51. The van der Waals surface area contributed by atoms with Crippen molar-refractivity contribution in [2.45, 2.75) is 38.6 Å². The quantitative estimate of drug-likeness (QED) is 0.136. The molecule has 55 heavy (non-hydrogen) atoms. The molecule has 0 aliphatic carbocycles. The van der Waals surface area contributed by atoms with Gasteiger partial charge in [0.05, 0.1) is 39.5 Å². The van der Waals surface area contributed by atoms with Gasteiger partial charge in [0.25, 0.3) is 11.8 Å². The molecule has 11 nitrogen and oxygen atoms in total. The van der Waals surface area contributed by atoms with Crippen LogP contribution in [0.2, 0.25) is 0 Å². The lowest BCUT2D eigenvalue weighted by Gasteiger charge is -2.17. The summed E-state index contributed by atoms with van der Waals surface area (Å²) >= 11 is 0. The van der Waals surface area contributed by atoms with E-state index in [2.05, 4.69) is 5.32 Å². The Morgan fingerprint density at radius 3 is 2.16 bits per heavy atom. The van der Waals surface area contributed by atoms with E-state index in [1.165, 1.54) is 6.08 Å². The zero-order valence-electron chi connectivity index (χ0n) is 31.1. The molecule has 3 aliphatic rings. The minimum absolute atomic E-state index is 0.0790. The predicted octanol–water partition coefficient (Wildman–Crippen LogP) is 6.48. The van der Waals surface area contributed by atoms with Crippen molar-refractivity contribution in [1.82, 2.24) is 0 Å². The summed E-state index contributed by atoms with van der Waals surface area (Å²) < 4.78 is 28.0. The second-order valence-corrected chi connectivity index (χ2v) is 13.8. The number of fused-ring (bicyclic) bond motifs is 2. The lowest BCUT2D eigenvalue weighted by Crippen LogP contribution is -2.34. The zero-order valence-corrected chi connectivity index (χ0v) is 31.1. The van der Waals surface area contributed by atoms with Gasteiger partial charge in [-0.3, -0.25) is 14.4 Å². The van der Waals surface area contributed by atoms with Gasteiger partial charge in [-0.1, -0.05) is 12.1 Å². The Kier molecular flexibility index (Phi) is 10.9. The minimum atomic E-state index is -0.648. The third kappa shape index (κ3) is 8.08. The van der Waals surface area contributed by atoms with Gasteiger partial charge < -0.3 is 33.9 Å². The third-order valence-corrected chi connectivity index (χ3v) is 10.2. The largest absolute Gasteiger partial charge is 0.497 e. The summed E-state index contributed by atoms with van der Waals surface area (Å²) in [5, 5.41) is 2.94. The number of aryl methyl sites for hydroxylation is 1. The van der Waals surface area contributed by atoms with Crippen molar-refractivity contribution >= 4 is 47.1 Å². The van der Waals surface area contributed by atoms with Gasteiger partial charge in [0.15, 0.2) is 11.9 Å². The van der Waals surface area contributed by atoms with E-state index in [-0.39, 0.29) is 30.8 Å². The van der Waals surface area contributed by atoms with Gasteiger partial charge >= 0.3 is 5.97 Å². The van der Waals surface area contributed by atoms with Crippen molar-refractivity contribution in [2.24, 2.45) is 5.92 Å². The van der Waals surface area contributed by atoms with E-state index in [4.69, 9.17) is 23.7 Å². The fourth-order valence-corrected chi connectivity index (χ4v) is 7.24. The van der Waals surface area contributed by atoms with Crippen LogP contribution in [0.25, 0.3) is 12.2 Å². The molecular formula is C44H42N2O9. The number of Topliss-reactive ketones (excluding diaryl/α,β-unsaturated/α-hetero) is 1. The average Bonchev–Trinajstić information content (AvgIpc) is 3.94. The van der Waals surface area contributed by atoms with Crippen LogP contribution in [0.15, 0.2) is 96.6 Å². The van der Waals surface area contributed by atoms with Gasteiger partial charge in [-0.25, -0.2) is 4.79 Å². The number of ketones is 1. The minimum Gasteiger partial charge on any atom is -0.497 e. The van der Waals surface area contributed by atoms with Gasteiger partial charge in [-0.2, -0.15) is 0 Å². The van der Waals surface area contributed by atoms with Crippen LogP contribution in [0.1, 0.15) is 49.9 Å². The number of ether oxygens (including phenoxy) is 5. The molecule has 3 heterocycles. The Labute approximate surface area is 319 Å². The van der Waals surface area contributed by atoms with Crippen LogP contribution in [0.4, 0.5) is 11.4 Å². The normalized spacial score (nSPS) is 20.2. The first kappa shape index (κ1) is 37.3. The van der Waals surface area contributed by atoms with Crippen LogP contribution in [0.3, 0.4) is 0 Å². The fourth-order valence-electron chi connectivity index (χ4n) is 7.24. The molecule has 1 N–H and O–H groups in total. The van der Waals surface area contributed by atoms with Crippen LogP contribution in [0.5, 0.6) is 11.5 Å². The van der Waals surface area contributed by atoms with Crippen molar-refractivity contribution in [3.63, 3.8) is 0 Å². The highest BCUT2D eigenvalue weighted by Crippen LogP contribution is 2.35. The monoisotopic (exact) mass is 742 g/mol. The Morgan fingerprint density at radius 1 is 0.800 bits per heavy atom. The van der Waals surface area contributed by atoms with Crippen LogP contribution in [-0.2, 0) is 30.2 Å². The summed E-state index contributed by atoms with van der Waals surface area (Å²) in [5.74, 6) is -0.136. The molecule has 0 radical (unpaired) electrons. The number of amides is 2. The molecule has 2 fully saturated rings. The summed E-state index contributed by atoms with van der Waals surface area (Å²) in [7, 11) is 3.16. The summed E-state index contributed by atoms with van der Waals surface area (Å²) in [5.41, 5.74) is 6.64. The summed E-state index contributed by atoms with van der Waals surface area (Å²) in [6.07, 6.45) is 3.83. The number of hydrogen-bond donors (Lipinski definition) is 1. The van der Waals surface area contributed by atoms with Crippen molar-refractivity contribution < 1.29 is 42.9 Å². The number of esters is 1. The van der Waals surface area contributed by atoms with Crippen molar-refractivity contribution in [3.05, 3.63) is 130 Å². The molecule has 3 aliphatic heterocycles. The van der Waals surface area contributed by atoms with Gasteiger partial charge in [-0.15, -0.1) is 0 Å². The summed E-state index contributed by atoms with van der Waals surface area (Å²) in [6, 6.07) is 25.2. The molecule has 4 atom stereocenters. The number of carbonyl (C=O) groups excluding carboxylic acids is 4. The van der Waals surface area contributed by atoms with E-state index in [1.54, 1.807) is 80.7 Å². The van der Waals surface area contributed by atoms with Crippen molar-refractivity contribution in [2.75, 3.05) is 44.2 Å². The Bertz CT molecular complexity index is 2170. The molecule has 4 aromatic rings. The fraction of sp³-hybridized carbons (Fsp3) is 0.273. The first-order chi connectivity index (χ1) is 26.6. The van der Waals surface area contributed by atoms with Crippen LogP contribution < -0.4 is 19.7 Å². The molecular weight excluding hydrogens is 700 g/mol. The lowest BCUT2D eigenvalue weighted by molar-refractivity contribution is -0.147. The molecule has 4 aromatic carbocycles. The van der Waals surface area contributed by atoms with Crippen molar-refractivity contribution in [1.29, 1.82) is 0 Å². The zero-order chi connectivity index (χ0) is 38.6. The van der Waals surface area contributed by atoms with Gasteiger partial charge in [-0.05, 0) is 133 Å². The second kappa shape index (κ2) is 16.1.